The summed E-state index contributed by atoms with van der Waals surface area (Å²) in [4.78, 5) is 30.6. The van der Waals surface area contributed by atoms with E-state index >= 15 is 0 Å². The Kier molecular flexibility index (Phi) is 7.84. The fraction of sp³-hybridized carbons (Fsp3) is 0.148. The number of ether oxygens (including phenoxy) is 1. The molecule has 8 heteroatoms. The molecule has 1 unspecified atom stereocenters. The Bertz CT molecular complexity index is 1320. The monoisotopic (exact) mass is 503 g/mol. The molecule has 0 aliphatic heterocycles. The minimum absolute atomic E-state index is 0.127. The van der Waals surface area contributed by atoms with Crippen molar-refractivity contribution in [2.75, 3.05) is 17.7 Å². The topological polar surface area (TPSA) is 80.3 Å². The van der Waals surface area contributed by atoms with Crippen LogP contribution in [0.25, 0.3) is 11.3 Å². The molecule has 178 valence electrons. The normalized spacial score (nSPS) is 11.5. The third-order valence-corrected chi connectivity index (χ3v) is 7.08. The van der Waals surface area contributed by atoms with Crippen LogP contribution < -0.4 is 15.4 Å². The number of nitrogens with one attached hydrogen (secondary N) is 2. The molecule has 0 saturated carbocycles. The molecule has 0 aliphatic carbocycles. The second-order valence-electron chi connectivity index (χ2n) is 7.86. The highest BCUT2D eigenvalue weighted by Gasteiger charge is 2.17. The summed E-state index contributed by atoms with van der Waals surface area (Å²) in [5, 5.41) is 7.93. The van der Waals surface area contributed by atoms with E-state index in [4.69, 9.17) is 4.74 Å². The van der Waals surface area contributed by atoms with Crippen molar-refractivity contribution in [1.82, 2.24) is 4.98 Å². The van der Waals surface area contributed by atoms with Gasteiger partial charge in [0, 0.05) is 27.1 Å². The SMILES string of the molecule is COc1cccc(-c2csc(NC(=O)C(C)Sc3ccc(NC(=O)c4ccc(C)cc4)cc3)n2)c1. The van der Waals surface area contributed by atoms with E-state index in [9.17, 15) is 9.59 Å². The molecule has 1 aromatic heterocycles. The Morgan fingerprint density at radius 1 is 1.00 bits per heavy atom. The summed E-state index contributed by atoms with van der Waals surface area (Å²) in [5.74, 6) is 0.472. The van der Waals surface area contributed by atoms with Crippen LogP contribution in [0.3, 0.4) is 0 Å². The van der Waals surface area contributed by atoms with Gasteiger partial charge in [-0.25, -0.2) is 4.98 Å². The summed E-state index contributed by atoms with van der Waals surface area (Å²) < 4.78 is 5.27. The average Bonchev–Trinajstić information content (AvgIpc) is 3.34. The number of carbonyl (C=O) groups excluding carboxylic acids is 2. The van der Waals surface area contributed by atoms with Gasteiger partial charge in [-0.3, -0.25) is 9.59 Å². The lowest BCUT2D eigenvalue weighted by Gasteiger charge is -2.11. The van der Waals surface area contributed by atoms with E-state index in [-0.39, 0.29) is 17.1 Å². The van der Waals surface area contributed by atoms with E-state index in [0.29, 0.717) is 16.4 Å². The molecule has 6 nitrogen and oxygen atoms in total. The van der Waals surface area contributed by atoms with E-state index in [1.165, 1.54) is 23.1 Å². The quantitative estimate of drug-likeness (QED) is 0.268. The summed E-state index contributed by atoms with van der Waals surface area (Å²) in [7, 11) is 1.62. The molecule has 0 fully saturated rings. The lowest BCUT2D eigenvalue weighted by molar-refractivity contribution is -0.115. The Morgan fingerprint density at radius 3 is 2.46 bits per heavy atom. The predicted octanol–water partition coefficient (Wildman–Crippen LogP) is 6.50. The first-order valence-electron chi connectivity index (χ1n) is 11.0. The molecular formula is C27H25N3O3S2. The van der Waals surface area contributed by atoms with Crippen molar-refractivity contribution in [3.8, 4) is 17.0 Å². The molecule has 4 aromatic rings. The number of aryl methyl sites for hydroxylation is 1. The summed E-state index contributed by atoms with van der Waals surface area (Å²) in [6, 6.07) is 22.5. The zero-order valence-electron chi connectivity index (χ0n) is 19.6. The number of anilines is 2. The molecule has 2 amide bonds. The number of aromatic nitrogens is 1. The van der Waals surface area contributed by atoms with Gasteiger partial charge in [0.1, 0.15) is 5.75 Å². The van der Waals surface area contributed by atoms with Crippen LogP contribution in [0.4, 0.5) is 10.8 Å². The smallest absolute Gasteiger partial charge is 0.255 e. The third-order valence-electron chi connectivity index (χ3n) is 5.21. The first kappa shape index (κ1) is 24.5. The molecule has 2 N–H and O–H groups in total. The lowest BCUT2D eigenvalue weighted by Crippen LogP contribution is -2.22. The van der Waals surface area contributed by atoms with Gasteiger partial charge < -0.3 is 15.4 Å². The Balaban J connectivity index is 1.32. The third kappa shape index (κ3) is 6.49. The molecule has 0 saturated heterocycles. The van der Waals surface area contributed by atoms with Crippen molar-refractivity contribution in [2.24, 2.45) is 0 Å². The van der Waals surface area contributed by atoms with Gasteiger partial charge in [0.25, 0.3) is 5.91 Å². The van der Waals surface area contributed by atoms with Crippen molar-refractivity contribution in [1.29, 1.82) is 0 Å². The number of hydrogen-bond acceptors (Lipinski definition) is 6. The second kappa shape index (κ2) is 11.2. The molecular weight excluding hydrogens is 478 g/mol. The Labute approximate surface area is 212 Å². The van der Waals surface area contributed by atoms with Crippen LogP contribution in [0.5, 0.6) is 5.75 Å². The van der Waals surface area contributed by atoms with Crippen molar-refractivity contribution < 1.29 is 14.3 Å². The molecule has 35 heavy (non-hydrogen) atoms. The van der Waals surface area contributed by atoms with Gasteiger partial charge in [-0.05, 0) is 62.4 Å². The van der Waals surface area contributed by atoms with Gasteiger partial charge in [0.15, 0.2) is 5.13 Å². The molecule has 0 aliphatic rings. The van der Waals surface area contributed by atoms with Gasteiger partial charge in [-0.15, -0.1) is 23.1 Å². The van der Waals surface area contributed by atoms with E-state index in [1.807, 2.05) is 79.9 Å². The van der Waals surface area contributed by atoms with Gasteiger partial charge >= 0.3 is 0 Å². The van der Waals surface area contributed by atoms with Crippen LogP contribution >= 0.6 is 23.1 Å². The maximum atomic E-state index is 12.7. The summed E-state index contributed by atoms with van der Waals surface area (Å²) >= 11 is 2.82. The summed E-state index contributed by atoms with van der Waals surface area (Å²) in [5.41, 5.74) is 4.13. The number of hydrogen-bond donors (Lipinski definition) is 2. The standard InChI is InChI=1S/C27H25N3O3S2/c1-17-7-9-19(10-8-17)26(32)28-21-11-13-23(14-12-21)35-18(2)25(31)30-27-29-24(16-34-27)20-5-4-6-22(15-20)33-3/h4-16,18H,1-3H3,(H,28,32)(H,29,30,31). The number of methoxy groups -OCH3 is 1. The number of rotatable bonds is 8. The maximum Gasteiger partial charge on any atom is 0.255 e. The van der Waals surface area contributed by atoms with Crippen LogP contribution in [0, 0.1) is 6.92 Å². The number of carbonyl (C=O) groups is 2. The highest BCUT2D eigenvalue weighted by Crippen LogP contribution is 2.29. The Morgan fingerprint density at radius 2 is 1.74 bits per heavy atom. The van der Waals surface area contributed by atoms with Gasteiger partial charge in [0.2, 0.25) is 5.91 Å². The number of thioether (sulfide) groups is 1. The van der Waals surface area contributed by atoms with Gasteiger partial charge in [0.05, 0.1) is 18.1 Å². The molecule has 0 radical (unpaired) electrons. The number of thiazole rings is 1. The fourth-order valence-electron chi connectivity index (χ4n) is 3.24. The molecule has 1 heterocycles. The van der Waals surface area contributed by atoms with Crippen molar-refractivity contribution >= 4 is 45.7 Å². The highest BCUT2D eigenvalue weighted by atomic mass is 32.2. The van der Waals surface area contributed by atoms with Crippen LogP contribution in [-0.2, 0) is 4.79 Å². The fourth-order valence-corrected chi connectivity index (χ4v) is 4.83. The maximum absolute atomic E-state index is 12.7. The van der Waals surface area contributed by atoms with Gasteiger partial charge in [-0.2, -0.15) is 0 Å². The number of amides is 2. The van der Waals surface area contributed by atoms with E-state index in [1.54, 1.807) is 19.2 Å². The molecule has 3 aromatic carbocycles. The van der Waals surface area contributed by atoms with E-state index in [2.05, 4.69) is 15.6 Å². The average molecular weight is 504 g/mol. The van der Waals surface area contributed by atoms with Crippen LogP contribution in [0.15, 0.2) is 83.1 Å². The molecule has 0 spiro atoms. The highest BCUT2D eigenvalue weighted by molar-refractivity contribution is 8.00. The first-order valence-corrected chi connectivity index (χ1v) is 12.7. The van der Waals surface area contributed by atoms with E-state index in [0.717, 1.165) is 27.5 Å². The minimum Gasteiger partial charge on any atom is -0.497 e. The molecule has 4 rings (SSSR count). The van der Waals surface area contributed by atoms with Gasteiger partial charge in [-0.1, -0.05) is 29.8 Å². The molecule has 0 bridgehead atoms. The van der Waals surface area contributed by atoms with E-state index < -0.39 is 0 Å². The van der Waals surface area contributed by atoms with Crippen molar-refractivity contribution in [2.45, 2.75) is 24.0 Å². The predicted molar refractivity (Wildman–Crippen MR) is 144 cm³/mol. The van der Waals surface area contributed by atoms with Crippen LogP contribution in [-0.4, -0.2) is 29.2 Å². The Hall–Kier alpha value is -3.62. The number of benzene rings is 3. The van der Waals surface area contributed by atoms with Crippen molar-refractivity contribution in [3.05, 3.63) is 89.3 Å². The zero-order chi connectivity index (χ0) is 24.8. The zero-order valence-corrected chi connectivity index (χ0v) is 21.2. The number of nitrogens with zero attached hydrogens (tertiary/aromatic N) is 1. The summed E-state index contributed by atoms with van der Waals surface area (Å²) in [6.07, 6.45) is 0. The summed E-state index contributed by atoms with van der Waals surface area (Å²) in [6.45, 7) is 3.83. The minimum atomic E-state index is -0.327. The van der Waals surface area contributed by atoms with Crippen molar-refractivity contribution in [3.63, 3.8) is 0 Å². The molecule has 1 atom stereocenters. The lowest BCUT2D eigenvalue weighted by atomic mass is 10.1. The van der Waals surface area contributed by atoms with Crippen LogP contribution in [0.2, 0.25) is 0 Å². The first-order chi connectivity index (χ1) is 16.9. The second-order valence-corrected chi connectivity index (χ2v) is 10.1. The van der Waals surface area contributed by atoms with Crippen LogP contribution in [0.1, 0.15) is 22.8 Å². The largest absolute Gasteiger partial charge is 0.497 e.